The number of amides is 1. The van der Waals surface area contributed by atoms with Crippen LogP contribution in [-0.4, -0.2) is 32.9 Å². The SMILES string of the molecule is C[C@@H]1CN(C(=O)OC(C)(C)C)Cc2c(I)c(Br)nn21. The molecule has 1 atom stereocenters. The average Bonchev–Trinajstić information content (AvgIpc) is 2.54. The van der Waals surface area contributed by atoms with Crippen LogP contribution in [0.2, 0.25) is 0 Å². The summed E-state index contributed by atoms with van der Waals surface area (Å²) in [7, 11) is 0. The van der Waals surface area contributed by atoms with E-state index in [0.29, 0.717) is 13.1 Å². The van der Waals surface area contributed by atoms with Crippen molar-refractivity contribution in [3.63, 3.8) is 0 Å². The minimum Gasteiger partial charge on any atom is -0.444 e. The Hall–Kier alpha value is -0.310. The molecule has 1 amide bonds. The smallest absolute Gasteiger partial charge is 0.410 e. The van der Waals surface area contributed by atoms with E-state index in [1.54, 1.807) is 4.90 Å². The van der Waals surface area contributed by atoms with Crippen LogP contribution in [0.5, 0.6) is 0 Å². The Kier molecular flexibility index (Phi) is 4.15. The Morgan fingerprint density at radius 2 is 2.16 bits per heavy atom. The van der Waals surface area contributed by atoms with Crippen LogP contribution in [0.15, 0.2) is 4.60 Å². The lowest BCUT2D eigenvalue weighted by Crippen LogP contribution is -2.43. The summed E-state index contributed by atoms with van der Waals surface area (Å²) in [5.74, 6) is 0. The van der Waals surface area contributed by atoms with Gasteiger partial charge in [-0.25, -0.2) is 4.79 Å². The topological polar surface area (TPSA) is 47.4 Å². The summed E-state index contributed by atoms with van der Waals surface area (Å²) in [6.45, 7) is 8.84. The van der Waals surface area contributed by atoms with Crippen molar-refractivity contribution in [3.8, 4) is 0 Å². The molecule has 1 aliphatic heterocycles. The number of carbonyl (C=O) groups is 1. The highest BCUT2D eigenvalue weighted by atomic mass is 127. The molecule has 2 rings (SSSR count). The molecular weight excluding hydrogens is 425 g/mol. The number of halogens is 2. The van der Waals surface area contributed by atoms with Crippen LogP contribution >= 0.6 is 38.5 Å². The van der Waals surface area contributed by atoms with E-state index in [0.717, 1.165) is 13.9 Å². The summed E-state index contributed by atoms with van der Waals surface area (Å²) in [5.41, 5.74) is 0.586. The monoisotopic (exact) mass is 441 g/mol. The Labute approximate surface area is 134 Å². The molecule has 7 heteroatoms. The number of nitrogens with zero attached hydrogens (tertiary/aromatic N) is 3. The molecule has 0 saturated heterocycles. The Balaban J connectivity index is 2.21. The molecule has 0 aliphatic carbocycles. The maximum atomic E-state index is 12.1. The van der Waals surface area contributed by atoms with Crippen molar-refractivity contribution < 1.29 is 9.53 Å². The Bertz CT molecular complexity index is 510. The zero-order valence-electron chi connectivity index (χ0n) is 11.4. The quantitative estimate of drug-likeness (QED) is 0.578. The van der Waals surface area contributed by atoms with Crippen molar-refractivity contribution in [2.75, 3.05) is 6.54 Å². The molecular formula is C12H17BrIN3O2. The summed E-state index contributed by atoms with van der Waals surface area (Å²) in [6, 6.07) is 0.149. The number of ether oxygens (including phenoxy) is 1. The first-order valence-electron chi connectivity index (χ1n) is 6.09. The zero-order chi connectivity index (χ0) is 14.4. The zero-order valence-corrected chi connectivity index (χ0v) is 15.1. The second-order valence-corrected chi connectivity index (χ2v) is 7.54. The predicted molar refractivity (Wildman–Crippen MR) is 84.0 cm³/mol. The maximum absolute atomic E-state index is 12.1. The first-order chi connectivity index (χ1) is 8.69. The third-order valence-corrected chi connectivity index (χ3v) is 5.23. The van der Waals surface area contributed by atoms with Crippen LogP contribution in [0, 0.1) is 3.57 Å². The molecule has 5 nitrogen and oxygen atoms in total. The fourth-order valence-corrected chi connectivity index (χ4v) is 2.96. The van der Waals surface area contributed by atoms with Gasteiger partial charge in [-0.05, 0) is 66.2 Å². The molecule has 0 spiro atoms. The van der Waals surface area contributed by atoms with Crippen molar-refractivity contribution in [2.24, 2.45) is 0 Å². The van der Waals surface area contributed by atoms with Gasteiger partial charge in [-0.1, -0.05) is 0 Å². The number of fused-ring (bicyclic) bond motifs is 1. The van der Waals surface area contributed by atoms with Gasteiger partial charge in [-0.3, -0.25) is 4.68 Å². The molecule has 0 fully saturated rings. The normalized spacial score (nSPS) is 19.3. The van der Waals surface area contributed by atoms with E-state index in [1.165, 1.54) is 0 Å². The van der Waals surface area contributed by atoms with Gasteiger partial charge < -0.3 is 9.64 Å². The fraction of sp³-hybridized carbons (Fsp3) is 0.667. The molecule has 0 bridgehead atoms. The Morgan fingerprint density at radius 1 is 1.53 bits per heavy atom. The highest BCUT2D eigenvalue weighted by Crippen LogP contribution is 2.30. The van der Waals surface area contributed by atoms with Crippen molar-refractivity contribution >= 4 is 44.6 Å². The van der Waals surface area contributed by atoms with E-state index in [-0.39, 0.29) is 12.1 Å². The summed E-state index contributed by atoms with van der Waals surface area (Å²) in [4.78, 5) is 13.9. The Morgan fingerprint density at radius 3 is 2.74 bits per heavy atom. The highest BCUT2D eigenvalue weighted by Gasteiger charge is 2.31. The molecule has 0 unspecified atom stereocenters. The molecule has 1 aromatic heterocycles. The van der Waals surface area contributed by atoms with Crippen LogP contribution in [-0.2, 0) is 11.3 Å². The summed E-state index contributed by atoms with van der Waals surface area (Å²) < 4.78 is 9.30. The van der Waals surface area contributed by atoms with E-state index < -0.39 is 5.60 Å². The van der Waals surface area contributed by atoms with E-state index in [9.17, 15) is 4.79 Å². The van der Waals surface area contributed by atoms with Crippen LogP contribution < -0.4 is 0 Å². The van der Waals surface area contributed by atoms with E-state index in [2.05, 4.69) is 50.5 Å². The summed E-state index contributed by atoms with van der Waals surface area (Å²) >= 11 is 5.68. The van der Waals surface area contributed by atoms with Crippen molar-refractivity contribution in [1.82, 2.24) is 14.7 Å². The molecule has 1 aromatic rings. The lowest BCUT2D eigenvalue weighted by molar-refractivity contribution is 0.0166. The van der Waals surface area contributed by atoms with Gasteiger partial charge >= 0.3 is 6.09 Å². The largest absolute Gasteiger partial charge is 0.444 e. The highest BCUT2D eigenvalue weighted by molar-refractivity contribution is 14.1. The van der Waals surface area contributed by atoms with Crippen LogP contribution in [0.1, 0.15) is 39.4 Å². The van der Waals surface area contributed by atoms with E-state index in [1.807, 2.05) is 25.5 Å². The van der Waals surface area contributed by atoms with Gasteiger partial charge in [0, 0.05) is 6.54 Å². The van der Waals surface area contributed by atoms with Gasteiger partial charge in [0.1, 0.15) is 10.2 Å². The van der Waals surface area contributed by atoms with Gasteiger partial charge in [0.15, 0.2) is 0 Å². The second kappa shape index (κ2) is 5.23. The lowest BCUT2D eigenvalue weighted by Gasteiger charge is -2.33. The number of hydrogen-bond donors (Lipinski definition) is 0. The summed E-state index contributed by atoms with van der Waals surface area (Å²) in [5, 5.41) is 4.45. The molecule has 19 heavy (non-hydrogen) atoms. The van der Waals surface area contributed by atoms with Gasteiger partial charge in [-0.15, -0.1) is 0 Å². The standard InChI is InChI=1S/C12H17BrIN3O2/c1-7-5-16(11(18)19-12(2,3)4)6-8-9(14)10(13)15-17(7)8/h7H,5-6H2,1-4H3/t7-/m1/s1. The molecule has 106 valence electrons. The predicted octanol–water partition coefficient (Wildman–Crippen LogP) is 3.56. The number of rotatable bonds is 0. The molecule has 0 N–H and O–H groups in total. The molecule has 1 aliphatic rings. The van der Waals surface area contributed by atoms with Crippen molar-refractivity contribution in [1.29, 1.82) is 0 Å². The van der Waals surface area contributed by atoms with Gasteiger partial charge in [0.05, 0.1) is 21.9 Å². The molecule has 0 aromatic carbocycles. The second-order valence-electron chi connectivity index (χ2n) is 5.71. The van der Waals surface area contributed by atoms with E-state index in [4.69, 9.17) is 4.74 Å². The van der Waals surface area contributed by atoms with Crippen LogP contribution in [0.3, 0.4) is 0 Å². The minimum atomic E-state index is -0.467. The third-order valence-electron chi connectivity index (χ3n) is 2.80. The number of aromatic nitrogens is 2. The number of hydrogen-bond acceptors (Lipinski definition) is 3. The lowest BCUT2D eigenvalue weighted by atomic mass is 10.2. The average molecular weight is 442 g/mol. The fourth-order valence-electron chi connectivity index (χ4n) is 2.03. The van der Waals surface area contributed by atoms with E-state index >= 15 is 0 Å². The van der Waals surface area contributed by atoms with Crippen LogP contribution in [0.4, 0.5) is 4.79 Å². The van der Waals surface area contributed by atoms with Crippen molar-refractivity contribution in [3.05, 3.63) is 13.9 Å². The third kappa shape index (κ3) is 3.24. The van der Waals surface area contributed by atoms with Crippen LogP contribution in [0.25, 0.3) is 0 Å². The maximum Gasteiger partial charge on any atom is 0.410 e. The van der Waals surface area contributed by atoms with Gasteiger partial charge in [-0.2, -0.15) is 5.10 Å². The molecule has 0 radical (unpaired) electrons. The number of carbonyl (C=O) groups excluding carboxylic acids is 1. The molecule has 2 heterocycles. The van der Waals surface area contributed by atoms with Crippen molar-refractivity contribution in [2.45, 2.75) is 45.9 Å². The minimum absolute atomic E-state index is 0.149. The molecule has 0 saturated carbocycles. The van der Waals surface area contributed by atoms with Gasteiger partial charge in [0.25, 0.3) is 0 Å². The summed E-state index contributed by atoms with van der Waals surface area (Å²) in [6.07, 6.45) is -0.265. The first-order valence-corrected chi connectivity index (χ1v) is 7.96. The van der Waals surface area contributed by atoms with Gasteiger partial charge in [0.2, 0.25) is 0 Å². The first kappa shape index (κ1) is 15.1.